The molecule has 7 heteroatoms. The lowest BCUT2D eigenvalue weighted by molar-refractivity contribution is 0.0534. The molecule has 152 valence electrons. The smallest absolute Gasteiger partial charge is 0.338 e. The molecule has 1 unspecified atom stereocenters. The first kappa shape index (κ1) is 19.5. The molecular weight excluding hydrogens is 370 g/mol. The van der Waals surface area contributed by atoms with Gasteiger partial charge in [0.15, 0.2) is 0 Å². The van der Waals surface area contributed by atoms with Crippen LogP contribution >= 0.6 is 0 Å². The minimum Gasteiger partial charge on any atom is -0.457 e. The van der Waals surface area contributed by atoms with E-state index in [-0.39, 0.29) is 24.5 Å². The number of esters is 1. The van der Waals surface area contributed by atoms with Crippen LogP contribution in [0.4, 0.5) is 0 Å². The number of aliphatic hydroxyl groups excluding tert-OH is 1. The summed E-state index contributed by atoms with van der Waals surface area (Å²) in [5, 5.41) is 13.8. The molecule has 7 nitrogen and oxygen atoms in total. The Kier molecular flexibility index (Phi) is 5.60. The Labute approximate surface area is 169 Å². The number of likely N-dealkylation sites (tertiary alicyclic amines) is 1. The van der Waals surface area contributed by atoms with Crippen LogP contribution in [-0.2, 0) is 11.3 Å². The summed E-state index contributed by atoms with van der Waals surface area (Å²) in [5.41, 5.74) is 3.68. The fourth-order valence-electron chi connectivity index (χ4n) is 4.09. The number of piperidine rings is 1. The number of hydrogen-bond acceptors (Lipinski definition) is 6. The van der Waals surface area contributed by atoms with Crippen molar-refractivity contribution in [3.8, 4) is 0 Å². The molecule has 0 radical (unpaired) electrons. The number of fused-ring (bicyclic) bond motifs is 1. The van der Waals surface area contributed by atoms with Crippen molar-refractivity contribution in [3.05, 3.63) is 64.5 Å². The van der Waals surface area contributed by atoms with E-state index in [0.29, 0.717) is 17.8 Å². The van der Waals surface area contributed by atoms with Gasteiger partial charge in [0.2, 0.25) is 0 Å². The van der Waals surface area contributed by atoms with Gasteiger partial charge in [-0.05, 0) is 49.1 Å². The number of β-amino-alcohol motifs (C(OH)–C–C–N with tert-alkyl or cyclic N) is 1. The number of amides is 1. The Bertz CT molecular complexity index is 908. The van der Waals surface area contributed by atoms with Crippen molar-refractivity contribution >= 4 is 11.9 Å². The number of aromatic nitrogens is 1. The van der Waals surface area contributed by atoms with E-state index in [1.807, 2.05) is 13.0 Å². The number of nitrogens with zero attached hydrogens (tertiary/aromatic N) is 2. The molecular formula is C22H25N3O4. The fraction of sp³-hybridized carbons (Fsp3) is 0.409. The van der Waals surface area contributed by atoms with E-state index in [1.165, 1.54) is 0 Å². The molecule has 1 aromatic carbocycles. The molecule has 1 aromatic heterocycles. The zero-order valence-corrected chi connectivity index (χ0v) is 16.4. The first-order valence-corrected chi connectivity index (χ1v) is 9.94. The highest BCUT2D eigenvalue weighted by Crippen LogP contribution is 2.29. The number of carbonyl (C=O) groups excluding carboxylic acids is 2. The lowest BCUT2D eigenvalue weighted by Crippen LogP contribution is -2.45. The van der Waals surface area contributed by atoms with Crippen molar-refractivity contribution in [2.24, 2.45) is 0 Å². The minimum absolute atomic E-state index is 0.114. The summed E-state index contributed by atoms with van der Waals surface area (Å²) in [6.45, 7) is 4.33. The molecule has 2 aromatic rings. The van der Waals surface area contributed by atoms with E-state index in [9.17, 15) is 14.7 Å². The summed E-state index contributed by atoms with van der Waals surface area (Å²) >= 11 is 0. The highest BCUT2D eigenvalue weighted by atomic mass is 16.5. The molecule has 0 spiro atoms. The average Bonchev–Trinajstić information content (AvgIpc) is 3.12. The van der Waals surface area contributed by atoms with E-state index in [4.69, 9.17) is 4.74 Å². The second-order valence-corrected chi connectivity index (χ2v) is 7.66. The SMILES string of the molecule is Cc1c(C(O)CN2CCC(NC(=O)c3ccccn3)CC2)ccc2c1COC2=O. The van der Waals surface area contributed by atoms with Crippen molar-refractivity contribution in [3.63, 3.8) is 0 Å². The van der Waals surface area contributed by atoms with Crippen molar-refractivity contribution in [2.45, 2.75) is 38.5 Å². The monoisotopic (exact) mass is 395 g/mol. The van der Waals surface area contributed by atoms with Gasteiger partial charge in [-0.25, -0.2) is 4.79 Å². The summed E-state index contributed by atoms with van der Waals surface area (Å²) < 4.78 is 5.09. The number of ether oxygens (including phenoxy) is 1. The van der Waals surface area contributed by atoms with Crippen molar-refractivity contribution in [2.75, 3.05) is 19.6 Å². The first-order valence-electron chi connectivity index (χ1n) is 9.94. The number of carbonyl (C=O) groups is 2. The topological polar surface area (TPSA) is 91.8 Å². The average molecular weight is 395 g/mol. The van der Waals surface area contributed by atoms with Crippen LogP contribution in [0.5, 0.6) is 0 Å². The Balaban J connectivity index is 1.31. The molecule has 1 saturated heterocycles. The van der Waals surface area contributed by atoms with Gasteiger partial charge in [0.05, 0.1) is 11.7 Å². The molecule has 0 aliphatic carbocycles. The summed E-state index contributed by atoms with van der Waals surface area (Å²) in [4.78, 5) is 30.2. The van der Waals surface area contributed by atoms with E-state index in [2.05, 4.69) is 15.2 Å². The number of aliphatic hydroxyl groups is 1. The predicted octanol–water partition coefficient (Wildman–Crippen LogP) is 1.99. The molecule has 29 heavy (non-hydrogen) atoms. The highest BCUT2D eigenvalue weighted by molar-refractivity contribution is 5.94. The maximum absolute atomic E-state index is 12.2. The van der Waals surface area contributed by atoms with Crippen LogP contribution < -0.4 is 5.32 Å². The molecule has 2 aliphatic heterocycles. The van der Waals surface area contributed by atoms with Crippen LogP contribution in [-0.4, -0.2) is 52.5 Å². The third-order valence-electron chi connectivity index (χ3n) is 5.82. The third kappa shape index (κ3) is 4.16. The van der Waals surface area contributed by atoms with Crippen LogP contribution in [0.2, 0.25) is 0 Å². The number of benzene rings is 1. The normalized spacial score (nSPS) is 18.2. The molecule has 2 N–H and O–H groups in total. The Morgan fingerprint density at radius 3 is 2.83 bits per heavy atom. The van der Waals surface area contributed by atoms with Crippen LogP contribution in [0.25, 0.3) is 0 Å². The standard InChI is InChI=1S/C22H25N3O4/c1-14-16(5-6-17-18(14)13-29-22(17)28)20(26)12-25-10-7-15(8-11-25)24-21(27)19-4-2-3-9-23-19/h2-6,9,15,20,26H,7-8,10-13H2,1H3,(H,24,27). The maximum atomic E-state index is 12.2. The van der Waals surface area contributed by atoms with E-state index in [1.54, 1.807) is 30.5 Å². The lowest BCUT2D eigenvalue weighted by Gasteiger charge is -2.33. The number of nitrogens with one attached hydrogen (secondary N) is 1. The summed E-state index contributed by atoms with van der Waals surface area (Å²) in [6, 6.07) is 8.98. The number of rotatable bonds is 5. The Hall–Kier alpha value is -2.77. The Morgan fingerprint density at radius 1 is 1.31 bits per heavy atom. The number of hydrogen-bond donors (Lipinski definition) is 2. The van der Waals surface area contributed by atoms with Crippen LogP contribution in [0.15, 0.2) is 36.5 Å². The van der Waals surface area contributed by atoms with Gasteiger partial charge in [0.1, 0.15) is 12.3 Å². The number of cyclic esters (lactones) is 1. The molecule has 2 aliphatic rings. The molecule has 0 saturated carbocycles. The van der Waals surface area contributed by atoms with Crippen molar-refractivity contribution in [1.82, 2.24) is 15.2 Å². The van der Waals surface area contributed by atoms with Gasteiger partial charge in [-0.2, -0.15) is 0 Å². The van der Waals surface area contributed by atoms with E-state index >= 15 is 0 Å². The van der Waals surface area contributed by atoms with Gasteiger partial charge in [-0.1, -0.05) is 12.1 Å². The van der Waals surface area contributed by atoms with E-state index in [0.717, 1.165) is 42.6 Å². The van der Waals surface area contributed by atoms with E-state index < -0.39 is 6.10 Å². The quantitative estimate of drug-likeness (QED) is 0.753. The lowest BCUT2D eigenvalue weighted by atomic mass is 9.94. The summed E-state index contributed by atoms with van der Waals surface area (Å²) in [5.74, 6) is -0.437. The highest BCUT2D eigenvalue weighted by Gasteiger charge is 2.27. The van der Waals surface area contributed by atoms with Crippen LogP contribution in [0.3, 0.4) is 0 Å². The van der Waals surface area contributed by atoms with Gasteiger partial charge < -0.3 is 20.1 Å². The third-order valence-corrected chi connectivity index (χ3v) is 5.82. The molecule has 1 amide bonds. The van der Waals surface area contributed by atoms with Gasteiger partial charge in [-0.15, -0.1) is 0 Å². The first-order chi connectivity index (χ1) is 14.0. The van der Waals surface area contributed by atoms with Gasteiger partial charge in [0.25, 0.3) is 5.91 Å². The van der Waals surface area contributed by atoms with Crippen LogP contribution in [0, 0.1) is 6.92 Å². The Morgan fingerprint density at radius 2 is 2.10 bits per heavy atom. The van der Waals surface area contributed by atoms with Crippen molar-refractivity contribution < 1.29 is 19.4 Å². The second-order valence-electron chi connectivity index (χ2n) is 7.66. The number of pyridine rings is 1. The zero-order chi connectivity index (χ0) is 20.4. The largest absolute Gasteiger partial charge is 0.457 e. The molecule has 1 fully saturated rings. The zero-order valence-electron chi connectivity index (χ0n) is 16.4. The second kappa shape index (κ2) is 8.31. The molecule has 0 bridgehead atoms. The summed E-state index contributed by atoms with van der Waals surface area (Å²) in [7, 11) is 0. The van der Waals surface area contributed by atoms with Crippen molar-refractivity contribution in [1.29, 1.82) is 0 Å². The molecule has 4 rings (SSSR count). The molecule has 3 heterocycles. The van der Waals surface area contributed by atoms with Gasteiger partial charge in [-0.3, -0.25) is 9.78 Å². The van der Waals surface area contributed by atoms with Gasteiger partial charge >= 0.3 is 5.97 Å². The summed E-state index contributed by atoms with van der Waals surface area (Å²) in [6.07, 6.45) is 2.64. The predicted molar refractivity (Wildman–Crippen MR) is 106 cm³/mol. The van der Waals surface area contributed by atoms with Crippen LogP contribution in [0.1, 0.15) is 56.5 Å². The van der Waals surface area contributed by atoms with Gasteiger partial charge in [0, 0.05) is 37.4 Å². The maximum Gasteiger partial charge on any atom is 0.338 e. The fourth-order valence-corrected chi connectivity index (χ4v) is 4.09. The minimum atomic E-state index is -0.629. The molecule has 1 atom stereocenters.